The molecule has 5 nitrogen and oxygen atoms in total. The standard InChI is InChI=1S/C37H23N5/c1-3-9-31-29(8-1)36-39-32-10-4-6-12-35(32)42(36)37(40-31)41-33-11-5-2-7-28(33)30-23-27(17-18-34(30)41)25-15-13-24(14-16-25)26-19-21-38-22-20-26/h1-23H. The number of hydrogen-bond donors (Lipinski definition) is 0. The summed E-state index contributed by atoms with van der Waals surface area (Å²) in [5.74, 6) is 0.832. The van der Waals surface area contributed by atoms with Gasteiger partial charge in [-0.05, 0) is 76.9 Å². The van der Waals surface area contributed by atoms with Crippen molar-refractivity contribution in [2.45, 2.75) is 0 Å². The smallest absolute Gasteiger partial charge is 0.221 e. The van der Waals surface area contributed by atoms with E-state index >= 15 is 0 Å². The summed E-state index contributed by atoms with van der Waals surface area (Å²) >= 11 is 0. The third kappa shape index (κ3) is 3.34. The first-order valence-electron chi connectivity index (χ1n) is 14.0. The van der Waals surface area contributed by atoms with Crippen LogP contribution in [0.2, 0.25) is 0 Å². The lowest BCUT2D eigenvalue weighted by Gasteiger charge is -2.12. The molecule has 0 unspecified atom stereocenters. The number of fused-ring (bicyclic) bond motifs is 8. The summed E-state index contributed by atoms with van der Waals surface area (Å²) in [6.45, 7) is 0. The number of rotatable bonds is 3. The van der Waals surface area contributed by atoms with Gasteiger partial charge < -0.3 is 0 Å². The number of para-hydroxylation sites is 4. The summed E-state index contributed by atoms with van der Waals surface area (Å²) in [6, 6.07) is 44.7. The van der Waals surface area contributed by atoms with Crippen molar-refractivity contribution in [3.8, 4) is 28.2 Å². The van der Waals surface area contributed by atoms with Crippen molar-refractivity contribution >= 4 is 49.4 Å². The molecule has 9 aromatic rings. The predicted molar refractivity (Wildman–Crippen MR) is 171 cm³/mol. The van der Waals surface area contributed by atoms with Gasteiger partial charge in [0, 0.05) is 28.6 Å². The Morgan fingerprint density at radius 2 is 1.02 bits per heavy atom. The van der Waals surface area contributed by atoms with E-state index in [9.17, 15) is 0 Å². The number of imidazole rings is 1. The van der Waals surface area contributed by atoms with E-state index in [4.69, 9.17) is 9.97 Å². The van der Waals surface area contributed by atoms with E-state index in [2.05, 4.69) is 117 Å². The lowest BCUT2D eigenvalue weighted by Crippen LogP contribution is -2.06. The molecule has 9 rings (SSSR count). The highest BCUT2D eigenvalue weighted by Crippen LogP contribution is 2.36. The van der Waals surface area contributed by atoms with Gasteiger partial charge in [0.25, 0.3) is 0 Å². The van der Waals surface area contributed by atoms with Crippen LogP contribution in [0.3, 0.4) is 0 Å². The summed E-state index contributed by atoms with van der Waals surface area (Å²) in [5.41, 5.74) is 10.7. The molecule has 0 saturated carbocycles. The Labute approximate surface area is 241 Å². The van der Waals surface area contributed by atoms with Crippen LogP contribution < -0.4 is 0 Å². The molecule has 0 aliphatic rings. The van der Waals surface area contributed by atoms with E-state index < -0.39 is 0 Å². The highest BCUT2D eigenvalue weighted by Gasteiger charge is 2.20. The van der Waals surface area contributed by atoms with Crippen LogP contribution in [-0.4, -0.2) is 23.9 Å². The van der Waals surface area contributed by atoms with E-state index in [1.54, 1.807) is 0 Å². The van der Waals surface area contributed by atoms with Crippen LogP contribution in [0.5, 0.6) is 0 Å². The number of pyridine rings is 1. The topological polar surface area (TPSA) is 48.0 Å². The summed E-state index contributed by atoms with van der Waals surface area (Å²) in [4.78, 5) is 14.5. The van der Waals surface area contributed by atoms with Gasteiger partial charge in [0.2, 0.25) is 5.95 Å². The van der Waals surface area contributed by atoms with Gasteiger partial charge in [0.15, 0.2) is 0 Å². The van der Waals surface area contributed by atoms with E-state index in [0.717, 1.165) is 50.1 Å². The minimum absolute atomic E-state index is 0.832. The fraction of sp³-hybridized carbons (Fsp3) is 0. The van der Waals surface area contributed by atoms with Crippen molar-refractivity contribution in [1.29, 1.82) is 0 Å². The Morgan fingerprint density at radius 3 is 1.83 bits per heavy atom. The highest BCUT2D eigenvalue weighted by molar-refractivity contribution is 6.10. The second-order valence-corrected chi connectivity index (χ2v) is 10.6. The van der Waals surface area contributed by atoms with Crippen LogP contribution >= 0.6 is 0 Å². The van der Waals surface area contributed by atoms with E-state index in [0.29, 0.717) is 0 Å². The molecule has 0 fully saturated rings. The van der Waals surface area contributed by atoms with Crippen molar-refractivity contribution in [3.05, 3.63) is 140 Å². The molecule has 0 aliphatic heterocycles. The normalized spacial score (nSPS) is 11.8. The second kappa shape index (κ2) is 8.85. The quantitative estimate of drug-likeness (QED) is 0.226. The summed E-state index contributed by atoms with van der Waals surface area (Å²) < 4.78 is 4.49. The summed E-state index contributed by atoms with van der Waals surface area (Å²) in [7, 11) is 0. The first-order valence-corrected chi connectivity index (χ1v) is 14.0. The molecule has 0 atom stereocenters. The average molecular weight is 538 g/mol. The van der Waals surface area contributed by atoms with Gasteiger partial charge >= 0.3 is 0 Å². The van der Waals surface area contributed by atoms with Gasteiger partial charge in [0.05, 0.1) is 27.6 Å². The van der Waals surface area contributed by atoms with E-state index in [1.165, 1.54) is 27.5 Å². The maximum atomic E-state index is 5.27. The zero-order valence-electron chi connectivity index (χ0n) is 22.5. The van der Waals surface area contributed by atoms with Gasteiger partial charge in [-0.3, -0.25) is 14.0 Å². The van der Waals surface area contributed by atoms with Crippen molar-refractivity contribution in [2.24, 2.45) is 0 Å². The molecule has 4 heterocycles. The molecule has 5 aromatic carbocycles. The number of hydrogen-bond acceptors (Lipinski definition) is 3. The first kappa shape index (κ1) is 22.9. The molecule has 4 aromatic heterocycles. The van der Waals surface area contributed by atoms with Crippen LogP contribution in [0.25, 0.3) is 77.6 Å². The maximum absolute atomic E-state index is 5.27. The zero-order valence-corrected chi connectivity index (χ0v) is 22.5. The molecule has 0 N–H and O–H groups in total. The van der Waals surface area contributed by atoms with Crippen molar-refractivity contribution < 1.29 is 0 Å². The molecule has 0 bridgehead atoms. The van der Waals surface area contributed by atoms with Crippen LogP contribution in [0.15, 0.2) is 140 Å². The Bertz CT molecular complexity index is 2450. The van der Waals surface area contributed by atoms with Crippen LogP contribution in [0, 0.1) is 0 Å². The largest absolute Gasteiger partial charge is 0.279 e. The fourth-order valence-corrected chi connectivity index (χ4v) is 6.24. The van der Waals surface area contributed by atoms with Gasteiger partial charge in [-0.1, -0.05) is 72.8 Å². The van der Waals surface area contributed by atoms with Crippen molar-refractivity contribution in [1.82, 2.24) is 23.9 Å². The summed E-state index contributed by atoms with van der Waals surface area (Å²) in [6.07, 6.45) is 3.66. The number of benzene rings is 5. The first-order chi connectivity index (χ1) is 20.8. The molecule has 196 valence electrons. The maximum Gasteiger partial charge on any atom is 0.221 e. The zero-order chi connectivity index (χ0) is 27.6. The molecule has 0 spiro atoms. The monoisotopic (exact) mass is 537 g/mol. The Morgan fingerprint density at radius 1 is 0.429 bits per heavy atom. The Kier molecular flexibility index (Phi) is 4.83. The van der Waals surface area contributed by atoms with E-state index in [-0.39, 0.29) is 0 Å². The van der Waals surface area contributed by atoms with Gasteiger partial charge in [-0.15, -0.1) is 0 Å². The lowest BCUT2D eigenvalue weighted by atomic mass is 9.99. The van der Waals surface area contributed by atoms with Gasteiger partial charge in [-0.2, -0.15) is 0 Å². The SMILES string of the molecule is c1ccc2c(c1)nc(-n1c3ccccc3c3cc(-c4ccc(-c5ccncc5)cc4)ccc31)n1c3ccccc3nc21. The Balaban J connectivity index is 1.30. The molecule has 0 aliphatic carbocycles. The second-order valence-electron chi connectivity index (χ2n) is 10.6. The molecule has 5 heteroatoms. The van der Waals surface area contributed by atoms with Crippen molar-refractivity contribution in [3.63, 3.8) is 0 Å². The molecule has 0 radical (unpaired) electrons. The third-order valence-electron chi connectivity index (χ3n) is 8.23. The fourth-order valence-electron chi connectivity index (χ4n) is 6.24. The summed E-state index contributed by atoms with van der Waals surface area (Å²) in [5, 5.41) is 3.42. The van der Waals surface area contributed by atoms with Crippen LogP contribution in [-0.2, 0) is 0 Å². The average Bonchev–Trinajstić information content (AvgIpc) is 3.61. The number of aromatic nitrogens is 5. The molecular formula is C37H23N5. The lowest BCUT2D eigenvalue weighted by molar-refractivity contribution is 0.979. The van der Waals surface area contributed by atoms with Crippen LogP contribution in [0.1, 0.15) is 0 Å². The van der Waals surface area contributed by atoms with Gasteiger partial charge in [0.1, 0.15) is 5.65 Å². The van der Waals surface area contributed by atoms with Crippen molar-refractivity contribution in [2.75, 3.05) is 0 Å². The minimum Gasteiger partial charge on any atom is -0.279 e. The van der Waals surface area contributed by atoms with E-state index in [1.807, 2.05) is 36.7 Å². The molecule has 0 amide bonds. The molecular weight excluding hydrogens is 514 g/mol. The Hall–Kier alpha value is -5.81. The van der Waals surface area contributed by atoms with Crippen LogP contribution in [0.4, 0.5) is 0 Å². The molecule has 42 heavy (non-hydrogen) atoms. The predicted octanol–water partition coefficient (Wildman–Crippen LogP) is 8.86. The molecule has 0 saturated heterocycles. The third-order valence-corrected chi connectivity index (χ3v) is 8.23. The highest BCUT2D eigenvalue weighted by atomic mass is 15.2. The van der Waals surface area contributed by atoms with Gasteiger partial charge in [-0.25, -0.2) is 9.97 Å². The number of nitrogens with zero attached hydrogens (tertiary/aromatic N) is 5. The minimum atomic E-state index is 0.832.